The Morgan fingerprint density at radius 1 is 1.12 bits per heavy atom. The fourth-order valence-electron chi connectivity index (χ4n) is 4.30. The largest absolute Gasteiger partial charge is 0.372 e. The number of carbonyl (C=O) groups is 1. The van der Waals surface area contributed by atoms with Crippen molar-refractivity contribution in [1.29, 1.82) is 0 Å². The van der Waals surface area contributed by atoms with E-state index in [0.29, 0.717) is 13.1 Å². The Morgan fingerprint density at radius 2 is 1.88 bits per heavy atom. The molecule has 2 heterocycles. The molecule has 4 rings (SSSR count). The second-order valence-electron chi connectivity index (χ2n) is 7.34. The molecular formula is C20H26N2O2. The molecule has 4 nitrogen and oxygen atoms in total. The quantitative estimate of drug-likeness (QED) is 0.813. The zero-order valence-electron chi connectivity index (χ0n) is 14.6. The lowest BCUT2D eigenvalue weighted by molar-refractivity contribution is -0.0585. The molecule has 0 bridgehead atoms. The number of morpholine rings is 1. The summed E-state index contributed by atoms with van der Waals surface area (Å²) in [4.78, 5) is 18.7. The first kappa shape index (κ1) is 15.7. The van der Waals surface area contributed by atoms with Crippen LogP contribution in [0.2, 0.25) is 0 Å². The smallest absolute Gasteiger partial charge is 0.256 e. The van der Waals surface area contributed by atoms with Gasteiger partial charge in [-0.25, -0.2) is 0 Å². The maximum Gasteiger partial charge on any atom is 0.256 e. The monoisotopic (exact) mass is 326 g/mol. The van der Waals surface area contributed by atoms with Crippen molar-refractivity contribution in [3.63, 3.8) is 0 Å². The van der Waals surface area contributed by atoms with Crippen LogP contribution in [0.15, 0.2) is 18.2 Å². The van der Waals surface area contributed by atoms with E-state index in [4.69, 9.17) is 4.74 Å². The van der Waals surface area contributed by atoms with Crippen molar-refractivity contribution in [2.24, 2.45) is 0 Å². The molecule has 0 radical (unpaired) electrons. The Morgan fingerprint density at radius 3 is 2.67 bits per heavy atom. The predicted octanol–water partition coefficient (Wildman–Crippen LogP) is 3.69. The minimum atomic E-state index is 0.0947. The van der Waals surface area contributed by atoms with Crippen molar-refractivity contribution >= 4 is 16.8 Å². The summed E-state index contributed by atoms with van der Waals surface area (Å²) in [5.41, 5.74) is 4.61. The molecule has 128 valence electrons. The van der Waals surface area contributed by atoms with Crippen molar-refractivity contribution in [2.75, 3.05) is 13.1 Å². The van der Waals surface area contributed by atoms with E-state index in [0.717, 1.165) is 23.9 Å². The number of nitrogens with one attached hydrogen (secondary N) is 1. The molecule has 1 aromatic heterocycles. The van der Waals surface area contributed by atoms with E-state index in [9.17, 15) is 4.79 Å². The first-order chi connectivity index (χ1) is 11.6. The summed E-state index contributed by atoms with van der Waals surface area (Å²) in [5, 5.41) is 1.24. The molecule has 1 aliphatic carbocycles. The summed E-state index contributed by atoms with van der Waals surface area (Å²) in [7, 11) is 0. The summed E-state index contributed by atoms with van der Waals surface area (Å²) in [6.07, 6.45) is 6.20. The molecule has 1 N–H and O–H groups in total. The molecule has 1 aromatic carbocycles. The van der Waals surface area contributed by atoms with E-state index < -0.39 is 0 Å². The summed E-state index contributed by atoms with van der Waals surface area (Å²) in [6, 6.07) is 6.16. The van der Waals surface area contributed by atoms with Crippen LogP contribution in [0.4, 0.5) is 0 Å². The van der Waals surface area contributed by atoms with Crippen molar-refractivity contribution in [3.05, 3.63) is 35.0 Å². The Kier molecular flexibility index (Phi) is 4.09. The SMILES string of the molecule is C[C@H]1CN(C(=O)c2cccc3c4c([nH]c23)CCCCC4)C[C@H](C)O1. The number of amides is 1. The number of hydrogen-bond acceptors (Lipinski definition) is 2. The van der Waals surface area contributed by atoms with E-state index in [1.165, 1.54) is 35.9 Å². The van der Waals surface area contributed by atoms with Gasteiger partial charge in [0.1, 0.15) is 0 Å². The van der Waals surface area contributed by atoms with E-state index in [1.54, 1.807) is 0 Å². The average Bonchev–Trinajstić information content (AvgIpc) is 2.75. The Hall–Kier alpha value is -1.81. The molecule has 2 aromatic rings. The number of para-hydroxylation sites is 1. The molecule has 1 saturated heterocycles. The predicted molar refractivity (Wildman–Crippen MR) is 95.5 cm³/mol. The lowest BCUT2D eigenvalue weighted by atomic mass is 10.0. The minimum Gasteiger partial charge on any atom is -0.372 e. The van der Waals surface area contributed by atoms with Crippen LogP contribution in [0.3, 0.4) is 0 Å². The fourth-order valence-corrected chi connectivity index (χ4v) is 4.30. The number of benzene rings is 1. The van der Waals surface area contributed by atoms with Gasteiger partial charge in [0.05, 0.1) is 23.3 Å². The van der Waals surface area contributed by atoms with Crippen LogP contribution in [0, 0.1) is 0 Å². The van der Waals surface area contributed by atoms with Gasteiger partial charge in [0.15, 0.2) is 0 Å². The molecule has 0 unspecified atom stereocenters. The number of aromatic amines is 1. The Balaban J connectivity index is 1.73. The molecular weight excluding hydrogens is 300 g/mol. The normalized spacial score (nSPS) is 24.7. The van der Waals surface area contributed by atoms with Gasteiger partial charge in [-0.15, -0.1) is 0 Å². The van der Waals surface area contributed by atoms with Crippen LogP contribution in [-0.4, -0.2) is 41.1 Å². The number of aromatic nitrogens is 1. The van der Waals surface area contributed by atoms with Crippen LogP contribution < -0.4 is 0 Å². The summed E-state index contributed by atoms with van der Waals surface area (Å²) in [6.45, 7) is 5.40. The number of ether oxygens (including phenoxy) is 1. The summed E-state index contributed by atoms with van der Waals surface area (Å²) >= 11 is 0. The summed E-state index contributed by atoms with van der Waals surface area (Å²) < 4.78 is 5.77. The van der Waals surface area contributed by atoms with Gasteiger partial charge in [-0.2, -0.15) is 0 Å². The van der Waals surface area contributed by atoms with E-state index in [1.807, 2.05) is 30.9 Å². The molecule has 2 atom stereocenters. The highest BCUT2D eigenvalue weighted by Gasteiger charge is 2.28. The van der Waals surface area contributed by atoms with Crippen LogP contribution in [0.1, 0.15) is 54.7 Å². The van der Waals surface area contributed by atoms with Gasteiger partial charge < -0.3 is 14.6 Å². The first-order valence-electron chi connectivity index (χ1n) is 9.20. The number of hydrogen-bond donors (Lipinski definition) is 1. The van der Waals surface area contributed by atoms with E-state index in [-0.39, 0.29) is 18.1 Å². The maximum atomic E-state index is 13.1. The second-order valence-corrected chi connectivity index (χ2v) is 7.34. The highest BCUT2D eigenvalue weighted by atomic mass is 16.5. The summed E-state index contributed by atoms with van der Waals surface area (Å²) in [5.74, 6) is 0.124. The molecule has 1 amide bonds. The van der Waals surface area contributed by atoms with Gasteiger partial charge in [-0.1, -0.05) is 18.6 Å². The van der Waals surface area contributed by atoms with E-state index in [2.05, 4.69) is 11.1 Å². The van der Waals surface area contributed by atoms with Crippen molar-refractivity contribution in [1.82, 2.24) is 9.88 Å². The highest BCUT2D eigenvalue weighted by molar-refractivity contribution is 6.06. The first-order valence-corrected chi connectivity index (χ1v) is 9.20. The molecule has 2 aliphatic rings. The van der Waals surface area contributed by atoms with Crippen LogP contribution in [-0.2, 0) is 17.6 Å². The van der Waals surface area contributed by atoms with Gasteiger partial charge in [-0.3, -0.25) is 4.79 Å². The minimum absolute atomic E-state index is 0.0947. The second kappa shape index (κ2) is 6.25. The van der Waals surface area contributed by atoms with Gasteiger partial charge in [0.25, 0.3) is 5.91 Å². The molecule has 1 fully saturated rings. The van der Waals surface area contributed by atoms with Gasteiger partial charge in [-0.05, 0) is 51.2 Å². The highest BCUT2D eigenvalue weighted by Crippen LogP contribution is 2.31. The lowest BCUT2D eigenvalue weighted by Crippen LogP contribution is -2.48. The van der Waals surface area contributed by atoms with E-state index >= 15 is 0 Å². The topological polar surface area (TPSA) is 45.3 Å². The van der Waals surface area contributed by atoms with Crippen LogP contribution in [0.5, 0.6) is 0 Å². The Labute approximate surface area is 143 Å². The number of aryl methyl sites for hydroxylation is 2. The maximum absolute atomic E-state index is 13.1. The third-order valence-electron chi connectivity index (χ3n) is 5.32. The van der Waals surface area contributed by atoms with Crippen LogP contribution in [0.25, 0.3) is 10.9 Å². The number of nitrogens with zero attached hydrogens (tertiary/aromatic N) is 1. The van der Waals surface area contributed by atoms with Gasteiger partial charge in [0.2, 0.25) is 0 Å². The zero-order valence-corrected chi connectivity index (χ0v) is 14.6. The van der Waals surface area contributed by atoms with Crippen LogP contribution >= 0.6 is 0 Å². The van der Waals surface area contributed by atoms with Crippen molar-refractivity contribution in [3.8, 4) is 0 Å². The molecule has 4 heteroatoms. The number of H-pyrrole nitrogens is 1. The van der Waals surface area contributed by atoms with Gasteiger partial charge in [0, 0.05) is 24.2 Å². The Bertz CT molecular complexity index is 754. The molecule has 0 spiro atoms. The molecule has 0 saturated carbocycles. The fraction of sp³-hybridized carbons (Fsp3) is 0.550. The average molecular weight is 326 g/mol. The molecule has 1 aliphatic heterocycles. The third-order valence-corrected chi connectivity index (χ3v) is 5.32. The lowest BCUT2D eigenvalue weighted by Gasteiger charge is -2.35. The van der Waals surface area contributed by atoms with Gasteiger partial charge >= 0.3 is 0 Å². The van der Waals surface area contributed by atoms with Crippen molar-refractivity contribution < 1.29 is 9.53 Å². The number of fused-ring (bicyclic) bond motifs is 3. The third kappa shape index (κ3) is 2.73. The van der Waals surface area contributed by atoms with Crippen molar-refractivity contribution in [2.45, 2.75) is 58.2 Å². The standard InChI is InChI=1S/C20H26N2O2/c1-13-11-22(12-14(2)24-13)20(23)17-9-6-8-16-15-7-4-3-5-10-18(15)21-19(16)17/h6,8-9,13-14,21H,3-5,7,10-12H2,1-2H3/t13-,14-/m0/s1. The number of rotatable bonds is 1. The zero-order chi connectivity index (χ0) is 16.7. The molecule has 24 heavy (non-hydrogen) atoms. The number of carbonyl (C=O) groups excluding carboxylic acids is 1.